The van der Waals surface area contributed by atoms with Gasteiger partial charge in [-0.1, -0.05) is 6.92 Å². The predicted molar refractivity (Wildman–Crippen MR) is 60.7 cm³/mol. The first-order valence-corrected chi connectivity index (χ1v) is 7.13. The minimum Gasteiger partial charge on any atom is -0.384 e. The summed E-state index contributed by atoms with van der Waals surface area (Å²) in [7, 11) is -1.13. The molecule has 90 valence electrons. The lowest BCUT2D eigenvalue weighted by Crippen LogP contribution is -2.45. The Labute approximate surface area is 92.3 Å². The van der Waals surface area contributed by atoms with Crippen molar-refractivity contribution < 1.29 is 13.2 Å². The lowest BCUT2D eigenvalue weighted by Gasteiger charge is -2.25. The molecule has 1 saturated heterocycles. The Morgan fingerprint density at radius 1 is 1.53 bits per heavy atom. The number of sulfone groups is 1. The lowest BCUT2D eigenvalue weighted by molar-refractivity contribution is 0.154. The van der Waals surface area contributed by atoms with Crippen LogP contribution in [-0.4, -0.2) is 45.7 Å². The molecular formula is C10H21NO3S. The summed E-state index contributed by atoms with van der Waals surface area (Å²) in [5.41, 5.74) is -0.235. The van der Waals surface area contributed by atoms with E-state index < -0.39 is 9.84 Å². The smallest absolute Gasteiger partial charge is 0.152 e. The molecule has 1 rings (SSSR count). The molecule has 0 aromatic rings. The SMILES string of the molecule is COCC(C)CNC1(C)CCS(=O)(=O)C1. The van der Waals surface area contributed by atoms with Crippen LogP contribution in [0.1, 0.15) is 20.3 Å². The monoisotopic (exact) mass is 235 g/mol. The fraction of sp³-hybridized carbons (Fsp3) is 1.00. The van der Waals surface area contributed by atoms with Crippen molar-refractivity contribution in [2.45, 2.75) is 25.8 Å². The summed E-state index contributed by atoms with van der Waals surface area (Å²) in [6.45, 7) is 5.58. The lowest BCUT2D eigenvalue weighted by atomic mass is 10.0. The molecule has 1 aliphatic heterocycles. The van der Waals surface area contributed by atoms with Gasteiger partial charge >= 0.3 is 0 Å². The predicted octanol–water partition coefficient (Wildman–Crippen LogP) is 0.436. The maximum Gasteiger partial charge on any atom is 0.152 e. The third kappa shape index (κ3) is 4.09. The van der Waals surface area contributed by atoms with E-state index in [2.05, 4.69) is 12.2 Å². The molecule has 0 aromatic carbocycles. The van der Waals surface area contributed by atoms with Crippen molar-refractivity contribution in [1.29, 1.82) is 0 Å². The maximum atomic E-state index is 11.4. The minimum absolute atomic E-state index is 0.235. The number of ether oxygens (including phenoxy) is 1. The van der Waals surface area contributed by atoms with Crippen LogP contribution in [0.25, 0.3) is 0 Å². The Balaban J connectivity index is 2.39. The molecular weight excluding hydrogens is 214 g/mol. The molecule has 1 aliphatic rings. The van der Waals surface area contributed by atoms with E-state index in [0.29, 0.717) is 18.3 Å². The minimum atomic E-state index is -2.81. The first-order chi connectivity index (χ1) is 6.87. The quantitative estimate of drug-likeness (QED) is 0.751. The van der Waals surface area contributed by atoms with E-state index in [1.165, 1.54) is 0 Å². The Kier molecular flexibility index (Phi) is 4.14. The van der Waals surface area contributed by atoms with Crippen LogP contribution in [0.3, 0.4) is 0 Å². The first-order valence-electron chi connectivity index (χ1n) is 5.31. The molecule has 0 aliphatic carbocycles. The number of methoxy groups -OCH3 is 1. The van der Waals surface area contributed by atoms with Crippen molar-refractivity contribution in [2.24, 2.45) is 5.92 Å². The zero-order chi connectivity index (χ0) is 11.5. The zero-order valence-corrected chi connectivity index (χ0v) is 10.6. The average Bonchev–Trinajstić information content (AvgIpc) is 2.39. The zero-order valence-electron chi connectivity index (χ0n) is 9.75. The molecule has 2 unspecified atom stereocenters. The fourth-order valence-electron chi connectivity index (χ4n) is 1.91. The van der Waals surface area contributed by atoms with Crippen LogP contribution < -0.4 is 5.32 Å². The molecule has 0 radical (unpaired) electrons. The van der Waals surface area contributed by atoms with Gasteiger partial charge in [-0.3, -0.25) is 0 Å². The molecule has 15 heavy (non-hydrogen) atoms. The number of nitrogens with one attached hydrogen (secondary N) is 1. The van der Waals surface area contributed by atoms with Gasteiger partial charge in [0.1, 0.15) is 0 Å². The van der Waals surface area contributed by atoms with Crippen molar-refractivity contribution >= 4 is 9.84 Å². The molecule has 5 heteroatoms. The summed E-state index contributed by atoms with van der Waals surface area (Å²) in [5.74, 6) is 0.990. The summed E-state index contributed by atoms with van der Waals surface area (Å²) in [6, 6.07) is 0. The standard InChI is InChI=1S/C10H21NO3S/c1-9(7-14-3)6-11-10(2)4-5-15(12,13)8-10/h9,11H,4-8H2,1-3H3. The molecule has 1 fully saturated rings. The van der Waals surface area contributed by atoms with Gasteiger partial charge in [0, 0.05) is 25.8 Å². The molecule has 1 heterocycles. The van der Waals surface area contributed by atoms with Crippen LogP contribution in [0.2, 0.25) is 0 Å². The van der Waals surface area contributed by atoms with E-state index >= 15 is 0 Å². The molecule has 0 amide bonds. The topological polar surface area (TPSA) is 55.4 Å². The van der Waals surface area contributed by atoms with E-state index in [1.807, 2.05) is 6.92 Å². The van der Waals surface area contributed by atoms with Crippen molar-refractivity contribution in [2.75, 3.05) is 31.8 Å². The van der Waals surface area contributed by atoms with Crippen LogP contribution in [0.15, 0.2) is 0 Å². The molecule has 0 aromatic heterocycles. The van der Waals surface area contributed by atoms with Crippen LogP contribution in [0, 0.1) is 5.92 Å². The first kappa shape index (κ1) is 12.9. The van der Waals surface area contributed by atoms with E-state index in [9.17, 15) is 8.42 Å². The summed E-state index contributed by atoms with van der Waals surface area (Å²) in [5, 5.41) is 3.34. The highest BCUT2D eigenvalue weighted by molar-refractivity contribution is 7.91. The van der Waals surface area contributed by atoms with Gasteiger partial charge in [-0.25, -0.2) is 8.42 Å². The Bertz CT molecular complexity index is 302. The highest BCUT2D eigenvalue weighted by Crippen LogP contribution is 2.22. The van der Waals surface area contributed by atoms with Crippen molar-refractivity contribution in [1.82, 2.24) is 5.32 Å². The van der Waals surface area contributed by atoms with Crippen LogP contribution in [-0.2, 0) is 14.6 Å². The van der Waals surface area contributed by atoms with E-state index in [-0.39, 0.29) is 11.3 Å². The van der Waals surface area contributed by atoms with Crippen molar-refractivity contribution in [3.63, 3.8) is 0 Å². The summed E-state index contributed by atoms with van der Waals surface area (Å²) < 4.78 is 27.7. The van der Waals surface area contributed by atoms with E-state index in [1.54, 1.807) is 7.11 Å². The fourth-order valence-corrected chi connectivity index (χ4v) is 4.04. The third-order valence-corrected chi connectivity index (χ3v) is 4.73. The Hall–Kier alpha value is -0.130. The highest BCUT2D eigenvalue weighted by atomic mass is 32.2. The maximum absolute atomic E-state index is 11.4. The molecule has 0 bridgehead atoms. The Morgan fingerprint density at radius 3 is 2.67 bits per heavy atom. The van der Waals surface area contributed by atoms with E-state index in [4.69, 9.17) is 4.74 Å². The Morgan fingerprint density at radius 2 is 2.20 bits per heavy atom. The molecule has 0 saturated carbocycles. The van der Waals surface area contributed by atoms with Crippen LogP contribution in [0.5, 0.6) is 0 Å². The van der Waals surface area contributed by atoms with Gasteiger partial charge in [0.05, 0.1) is 11.5 Å². The normalized spacial score (nSPS) is 31.7. The van der Waals surface area contributed by atoms with Crippen LogP contribution in [0.4, 0.5) is 0 Å². The van der Waals surface area contributed by atoms with Gasteiger partial charge in [-0.2, -0.15) is 0 Å². The van der Waals surface area contributed by atoms with Gasteiger partial charge in [-0.05, 0) is 19.3 Å². The third-order valence-electron chi connectivity index (χ3n) is 2.83. The molecule has 0 spiro atoms. The second-order valence-electron chi connectivity index (χ2n) is 4.84. The molecule has 4 nitrogen and oxygen atoms in total. The second-order valence-corrected chi connectivity index (χ2v) is 7.03. The summed E-state index contributed by atoms with van der Waals surface area (Å²) in [4.78, 5) is 0. The van der Waals surface area contributed by atoms with E-state index in [0.717, 1.165) is 13.0 Å². The summed E-state index contributed by atoms with van der Waals surface area (Å²) in [6.07, 6.45) is 0.717. The molecule has 2 atom stereocenters. The molecule has 1 N–H and O–H groups in total. The highest BCUT2D eigenvalue weighted by Gasteiger charge is 2.37. The van der Waals surface area contributed by atoms with Crippen molar-refractivity contribution in [3.8, 4) is 0 Å². The van der Waals surface area contributed by atoms with Gasteiger partial charge in [0.2, 0.25) is 0 Å². The number of hydrogen-bond acceptors (Lipinski definition) is 4. The number of hydrogen-bond donors (Lipinski definition) is 1. The van der Waals surface area contributed by atoms with Gasteiger partial charge < -0.3 is 10.1 Å². The van der Waals surface area contributed by atoms with Gasteiger partial charge in [0.15, 0.2) is 9.84 Å². The number of rotatable bonds is 5. The largest absolute Gasteiger partial charge is 0.384 e. The van der Waals surface area contributed by atoms with Crippen LogP contribution >= 0.6 is 0 Å². The van der Waals surface area contributed by atoms with Gasteiger partial charge in [0.25, 0.3) is 0 Å². The van der Waals surface area contributed by atoms with Crippen molar-refractivity contribution in [3.05, 3.63) is 0 Å². The van der Waals surface area contributed by atoms with Gasteiger partial charge in [-0.15, -0.1) is 0 Å². The second kappa shape index (κ2) is 4.80. The summed E-state index contributed by atoms with van der Waals surface area (Å²) >= 11 is 0. The average molecular weight is 235 g/mol.